The molecule has 0 bridgehead atoms. The maximum absolute atomic E-state index is 3.44. The molecule has 0 saturated carbocycles. The SMILES string of the molecule is CC.CNc1ccc2ccccc2c1C(C)(C)C(C)/C=C/C=C/C=C1/N(C)c2ccc3ccccc3c2C1(C)C. The number of hydrogen-bond acceptors (Lipinski definition) is 2. The van der Waals surface area contributed by atoms with Crippen LogP contribution in [-0.4, -0.2) is 14.1 Å². The van der Waals surface area contributed by atoms with Gasteiger partial charge in [-0.05, 0) is 62.2 Å². The van der Waals surface area contributed by atoms with Gasteiger partial charge >= 0.3 is 0 Å². The van der Waals surface area contributed by atoms with Crippen LogP contribution in [0.3, 0.4) is 0 Å². The lowest BCUT2D eigenvalue weighted by Crippen LogP contribution is -2.26. The van der Waals surface area contributed by atoms with Gasteiger partial charge in [0.1, 0.15) is 0 Å². The second-order valence-electron chi connectivity index (χ2n) is 11.7. The van der Waals surface area contributed by atoms with Crippen molar-refractivity contribution in [3.05, 3.63) is 120 Å². The van der Waals surface area contributed by atoms with Crippen LogP contribution >= 0.6 is 0 Å². The first-order chi connectivity index (χ1) is 19.2. The Morgan fingerprint density at radius 3 is 2.08 bits per heavy atom. The van der Waals surface area contributed by atoms with Gasteiger partial charge in [0.2, 0.25) is 0 Å². The predicted octanol–water partition coefficient (Wildman–Crippen LogP) is 10.4. The number of likely N-dealkylation sites (N-methyl/N-ethyl adjacent to an activating group) is 1. The summed E-state index contributed by atoms with van der Waals surface area (Å²) in [5.74, 6) is 0.346. The zero-order valence-electron chi connectivity index (χ0n) is 25.8. The second kappa shape index (κ2) is 11.8. The Morgan fingerprint density at radius 1 is 0.800 bits per heavy atom. The molecule has 0 amide bonds. The van der Waals surface area contributed by atoms with E-state index in [0.29, 0.717) is 5.92 Å². The van der Waals surface area contributed by atoms with Gasteiger partial charge in [0.25, 0.3) is 0 Å². The van der Waals surface area contributed by atoms with Gasteiger partial charge in [0.15, 0.2) is 0 Å². The van der Waals surface area contributed by atoms with E-state index in [9.17, 15) is 0 Å². The van der Waals surface area contributed by atoms with Gasteiger partial charge in [0, 0.05) is 36.6 Å². The Morgan fingerprint density at radius 2 is 1.40 bits per heavy atom. The Bertz CT molecular complexity index is 1580. The maximum atomic E-state index is 3.44. The molecule has 4 aromatic rings. The summed E-state index contributed by atoms with van der Waals surface area (Å²) in [5, 5.41) is 8.69. The van der Waals surface area contributed by atoms with E-state index < -0.39 is 0 Å². The summed E-state index contributed by atoms with van der Waals surface area (Å²) in [6.07, 6.45) is 11.2. The lowest BCUT2D eigenvalue weighted by Gasteiger charge is -2.33. The number of nitrogens with zero attached hydrogens (tertiary/aromatic N) is 1. The molecule has 4 aromatic carbocycles. The zero-order valence-corrected chi connectivity index (χ0v) is 25.8. The van der Waals surface area contributed by atoms with Gasteiger partial charge in [0.05, 0.1) is 0 Å². The molecule has 0 fully saturated rings. The lowest BCUT2D eigenvalue weighted by atomic mass is 9.71. The van der Waals surface area contributed by atoms with Crippen LogP contribution in [0.1, 0.15) is 59.6 Å². The zero-order chi connectivity index (χ0) is 29.1. The summed E-state index contributed by atoms with van der Waals surface area (Å²) in [4.78, 5) is 2.35. The normalized spacial score (nSPS) is 16.5. The molecule has 1 heterocycles. The summed E-state index contributed by atoms with van der Waals surface area (Å²) >= 11 is 0. The molecular weight excluding hydrogens is 484 g/mol. The molecule has 2 nitrogen and oxygen atoms in total. The van der Waals surface area contributed by atoms with Crippen molar-refractivity contribution in [2.24, 2.45) is 5.92 Å². The van der Waals surface area contributed by atoms with Crippen molar-refractivity contribution in [1.29, 1.82) is 0 Å². The average molecular weight is 531 g/mol. The van der Waals surface area contributed by atoms with Crippen LogP contribution in [0.15, 0.2) is 109 Å². The van der Waals surface area contributed by atoms with Gasteiger partial charge in [-0.25, -0.2) is 0 Å². The molecule has 0 radical (unpaired) electrons. The minimum absolute atomic E-state index is 0.0433. The van der Waals surface area contributed by atoms with Crippen LogP contribution in [0.25, 0.3) is 21.5 Å². The van der Waals surface area contributed by atoms with E-state index in [1.54, 1.807) is 0 Å². The number of hydrogen-bond donors (Lipinski definition) is 1. The minimum atomic E-state index is -0.0633. The van der Waals surface area contributed by atoms with Gasteiger partial charge in [-0.1, -0.05) is 133 Å². The van der Waals surface area contributed by atoms with Crippen molar-refractivity contribution in [1.82, 2.24) is 0 Å². The fourth-order valence-electron chi connectivity index (χ4n) is 6.28. The summed E-state index contributed by atoms with van der Waals surface area (Å²) < 4.78 is 0. The molecule has 0 aromatic heterocycles. The molecule has 5 rings (SSSR count). The molecular formula is C38H46N2. The van der Waals surface area contributed by atoms with Gasteiger partial charge in [-0.2, -0.15) is 0 Å². The van der Waals surface area contributed by atoms with Gasteiger partial charge in [-0.15, -0.1) is 0 Å². The van der Waals surface area contributed by atoms with Crippen LogP contribution in [0, 0.1) is 5.92 Å². The van der Waals surface area contributed by atoms with Crippen LogP contribution in [0.2, 0.25) is 0 Å². The second-order valence-corrected chi connectivity index (χ2v) is 11.7. The third-order valence-corrected chi connectivity index (χ3v) is 8.75. The van der Waals surface area contributed by atoms with E-state index >= 15 is 0 Å². The topological polar surface area (TPSA) is 15.3 Å². The average Bonchev–Trinajstić information content (AvgIpc) is 3.17. The molecule has 1 aliphatic rings. The Hall–Kier alpha value is -3.78. The van der Waals surface area contributed by atoms with Crippen molar-refractivity contribution in [2.75, 3.05) is 24.3 Å². The largest absolute Gasteiger partial charge is 0.388 e. The fraction of sp³-hybridized carbons (Fsp3) is 0.316. The Balaban J connectivity index is 0.00000181. The lowest BCUT2D eigenvalue weighted by molar-refractivity contribution is 0.414. The first kappa shape index (κ1) is 29.2. The molecule has 1 N–H and O–H groups in total. The van der Waals surface area contributed by atoms with Crippen molar-refractivity contribution >= 4 is 32.9 Å². The Labute approximate surface area is 242 Å². The quantitative estimate of drug-likeness (QED) is 0.249. The summed E-state index contributed by atoms with van der Waals surface area (Å²) in [6, 6.07) is 26.3. The van der Waals surface area contributed by atoms with Crippen LogP contribution in [0.4, 0.5) is 11.4 Å². The maximum Gasteiger partial charge on any atom is 0.0454 e. The van der Waals surface area contributed by atoms with Crippen LogP contribution in [0.5, 0.6) is 0 Å². The van der Waals surface area contributed by atoms with E-state index in [1.807, 2.05) is 20.9 Å². The molecule has 1 unspecified atom stereocenters. The highest BCUT2D eigenvalue weighted by Gasteiger charge is 2.39. The van der Waals surface area contributed by atoms with Gasteiger partial charge < -0.3 is 10.2 Å². The highest BCUT2D eigenvalue weighted by molar-refractivity contribution is 5.95. The molecule has 0 spiro atoms. The molecule has 0 saturated heterocycles. The summed E-state index contributed by atoms with van der Waals surface area (Å²) in [7, 11) is 4.20. The minimum Gasteiger partial charge on any atom is -0.388 e. The number of rotatable bonds is 6. The number of nitrogens with one attached hydrogen (secondary N) is 1. The third-order valence-electron chi connectivity index (χ3n) is 8.75. The number of benzene rings is 4. The first-order valence-corrected chi connectivity index (χ1v) is 14.7. The molecule has 2 heteroatoms. The standard InChI is InChI=1S/C36H40N2.C2H6/c1-25(35(2,3)33-28-18-13-11-16-26(28)21-23-30(33)37-6)15-9-8-10-20-32-36(4,5)34-29-19-14-12-17-27(29)22-24-31(34)38(32)7;1-2/h8-25,37H,1-7H3;1-2H3/b10-8+,15-9+,32-20+;. The molecule has 40 heavy (non-hydrogen) atoms. The monoisotopic (exact) mass is 530 g/mol. The summed E-state index contributed by atoms with van der Waals surface area (Å²) in [6.45, 7) is 15.7. The number of anilines is 2. The summed E-state index contributed by atoms with van der Waals surface area (Å²) in [5.41, 5.74) is 6.50. The highest BCUT2D eigenvalue weighted by atomic mass is 15.2. The highest BCUT2D eigenvalue weighted by Crippen LogP contribution is 2.50. The first-order valence-electron chi connectivity index (χ1n) is 14.7. The van der Waals surface area contributed by atoms with E-state index in [0.717, 1.165) is 0 Å². The molecule has 1 atom stereocenters. The van der Waals surface area contributed by atoms with Gasteiger partial charge in [-0.3, -0.25) is 0 Å². The van der Waals surface area contributed by atoms with E-state index in [2.05, 4.69) is 155 Å². The third kappa shape index (κ3) is 5.08. The number of fused-ring (bicyclic) bond motifs is 4. The molecule has 208 valence electrons. The van der Waals surface area contributed by atoms with Crippen molar-refractivity contribution in [3.8, 4) is 0 Å². The Kier molecular flexibility index (Phi) is 8.59. The van der Waals surface area contributed by atoms with E-state index in [4.69, 9.17) is 0 Å². The molecule has 1 aliphatic heterocycles. The number of allylic oxidation sites excluding steroid dienone is 6. The van der Waals surface area contributed by atoms with Crippen LogP contribution < -0.4 is 10.2 Å². The fourth-order valence-corrected chi connectivity index (χ4v) is 6.28. The van der Waals surface area contributed by atoms with E-state index in [-0.39, 0.29) is 10.8 Å². The van der Waals surface area contributed by atoms with Crippen molar-refractivity contribution in [2.45, 2.75) is 59.3 Å². The predicted molar refractivity (Wildman–Crippen MR) is 179 cm³/mol. The van der Waals surface area contributed by atoms with Crippen molar-refractivity contribution in [3.63, 3.8) is 0 Å². The smallest absolute Gasteiger partial charge is 0.0454 e. The van der Waals surface area contributed by atoms with Crippen molar-refractivity contribution < 1.29 is 0 Å². The van der Waals surface area contributed by atoms with Crippen LogP contribution in [-0.2, 0) is 10.8 Å². The molecule has 0 aliphatic carbocycles. The van der Waals surface area contributed by atoms with E-state index in [1.165, 1.54) is 49.7 Å².